The van der Waals surface area contributed by atoms with Crippen molar-refractivity contribution in [3.05, 3.63) is 29.8 Å². The molecular weight excluding hydrogens is 292 g/mol. The third-order valence-corrected chi connectivity index (χ3v) is 2.42. The van der Waals surface area contributed by atoms with Crippen LogP contribution in [0.1, 0.15) is 11.6 Å². The maximum Gasteiger partial charge on any atom is 0.461 e. The average Bonchev–Trinajstić information content (AvgIpc) is 2.38. The lowest BCUT2D eigenvalue weighted by atomic mass is 10.0. The van der Waals surface area contributed by atoms with E-state index in [1.54, 1.807) is 0 Å². The maximum absolute atomic E-state index is 13.2. The normalized spacial score (nSPS) is 14.4. The van der Waals surface area contributed by atoms with Crippen molar-refractivity contribution in [1.82, 2.24) is 0 Å². The largest absolute Gasteiger partial charge is 0.461 e. The number of ether oxygens (including phenoxy) is 1. The number of nitrogens with two attached hydrogens (primary N) is 1. The Morgan fingerprint density at radius 1 is 1.15 bits per heavy atom. The van der Waals surface area contributed by atoms with Crippen LogP contribution >= 0.6 is 0 Å². The highest BCUT2D eigenvalue weighted by Gasteiger charge is 2.46. The lowest BCUT2D eigenvalue weighted by Crippen LogP contribution is -2.38. The van der Waals surface area contributed by atoms with E-state index < -0.39 is 42.4 Å². The number of aliphatic hydroxyl groups is 1. The summed E-state index contributed by atoms with van der Waals surface area (Å²) in [6.45, 7) is -1.63. The second kappa shape index (κ2) is 5.88. The van der Waals surface area contributed by atoms with Gasteiger partial charge in [-0.2, -0.15) is 17.6 Å². The van der Waals surface area contributed by atoms with Crippen LogP contribution in [0.3, 0.4) is 0 Å². The third kappa shape index (κ3) is 3.54. The first-order chi connectivity index (χ1) is 9.12. The number of hydrogen-bond donors (Lipinski definition) is 2. The lowest BCUT2D eigenvalue weighted by molar-refractivity contribution is -0.253. The van der Waals surface area contributed by atoms with E-state index in [0.29, 0.717) is 0 Å². The van der Waals surface area contributed by atoms with Crippen molar-refractivity contribution in [2.75, 3.05) is 6.61 Å². The fourth-order valence-corrected chi connectivity index (χ4v) is 1.35. The minimum absolute atomic E-state index is 0.619. The highest BCUT2D eigenvalue weighted by Crippen LogP contribution is 2.37. The van der Waals surface area contributed by atoms with Crippen LogP contribution in [0.15, 0.2) is 24.3 Å². The van der Waals surface area contributed by atoms with Gasteiger partial charge in [0.2, 0.25) is 0 Å². The van der Waals surface area contributed by atoms with Crippen LogP contribution in [0, 0.1) is 0 Å². The molecule has 0 amide bonds. The van der Waals surface area contributed by atoms with E-state index in [4.69, 9.17) is 10.8 Å². The van der Waals surface area contributed by atoms with Crippen molar-refractivity contribution in [1.29, 1.82) is 0 Å². The fraction of sp³-hybridized carbons (Fsp3) is 0.455. The maximum atomic E-state index is 13.2. The van der Waals surface area contributed by atoms with Gasteiger partial charge >= 0.3 is 12.5 Å². The Morgan fingerprint density at radius 2 is 1.70 bits per heavy atom. The quantitative estimate of drug-likeness (QED) is 0.794. The molecule has 1 aromatic rings. The van der Waals surface area contributed by atoms with E-state index in [0.717, 1.165) is 18.2 Å². The van der Waals surface area contributed by atoms with Gasteiger partial charge in [0.15, 0.2) is 0 Å². The molecule has 9 heteroatoms. The van der Waals surface area contributed by atoms with E-state index in [-0.39, 0.29) is 0 Å². The molecule has 0 aliphatic heterocycles. The van der Waals surface area contributed by atoms with Crippen LogP contribution in [0.25, 0.3) is 0 Å². The van der Waals surface area contributed by atoms with E-state index in [2.05, 4.69) is 4.74 Å². The highest BCUT2D eigenvalue weighted by atomic mass is 19.3. The molecule has 0 aliphatic carbocycles. The molecule has 1 rings (SSSR count). The Labute approximate surface area is 109 Å². The Bertz CT molecular complexity index is 454. The Balaban J connectivity index is 3.12. The Kier molecular flexibility index (Phi) is 4.87. The van der Waals surface area contributed by atoms with Crippen molar-refractivity contribution in [3.63, 3.8) is 0 Å². The van der Waals surface area contributed by atoms with Gasteiger partial charge in [0.1, 0.15) is 18.4 Å². The zero-order chi connectivity index (χ0) is 15.6. The van der Waals surface area contributed by atoms with E-state index >= 15 is 0 Å². The summed E-state index contributed by atoms with van der Waals surface area (Å²) in [5.41, 5.74) is 4.54. The minimum Gasteiger partial charge on any atom is -0.428 e. The van der Waals surface area contributed by atoms with Crippen LogP contribution in [0.4, 0.5) is 26.3 Å². The van der Waals surface area contributed by atoms with Crippen LogP contribution in [-0.2, 0) is 0 Å². The van der Waals surface area contributed by atoms with Crippen LogP contribution in [0.2, 0.25) is 0 Å². The lowest BCUT2D eigenvalue weighted by Gasteiger charge is -2.25. The van der Waals surface area contributed by atoms with Crippen LogP contribution < -0.4 is 10.5 Å². The van der Waals surface area contributed by atoms with Gasteiger partial charge in [-0.25, -0.2) is 8.78 Å². The monoisotopic (exact) mass is 303 g/mol. The fourth-order valence-electron chi connectivity index (χ4n) is 1.35. The van der Waals surface area contributed by atoms with Crippen LogP contribution in [0.5, 0.6) is 5.75 Å². The molecule has 20 heavy (non-hydrogen) atoms. The molecule has 0 radical (unpaired) electrons. The second-order valence-electron chi connectivity index (χ2n) is 3.90. The van der Waals surface area contributed by atoms with Crippen molar-refractivity contribution in [2.45, 2.75) is 24.5 Å². The van der Waals surface area contributed by atoms with Crippen molar-refractivity contribution in [2.24, 2.45) is 5.73 Å². The van der Waals surface area contributed by atoms with Gasteiger partial charge < -0.3 is 15.6 Å². The smallest absolute Gasteiger partial charge is 0.428 e. The predicted molar refractivity (Wildman–Crippen MR) is 57.0 cm³/mol. The minimum atomic E-state index is -4.84. The molecule has 0 unspecified atom stereocenters. The molecule has 0 saturated heterocycles. The summed E-state index contributed by atoms with van der Waals surface area (Å²) in [7, 11) is 0. The number of alkyl halides is 6. The molecule has 1 atom stereocenters. The molecule has 0 fully saturated rings. The first kappa shape index (κ1) is 16.6. The molecular formula is C11H11F6NO2. The standard InChI is InChI=1S/C11H11F6NO2/c12-9(13)11(16,17)20-7-4-2-1-3-6(7)8(18)10(14,15)5-19/h1-4,8-9,19H,5,18H2/t8-/m0/s1. The molecule has 0 saturated carbocycles. The number of benzene rings is 1. The summed E-state index contributed by atoms with van der Waals surface area (Å²) in [6, 6.07) is 1.86. The first-order valence-corrected chi connectivity index (χ1v) is 5.30. The second-order valence-corrected chi connectivity index (χ2v) is 3.90. The number of para-hydroxylation sites is 1. The summed E-state index contributed by atoms with van der Waals surface area (Å²) in [5.74, 6) is -4.72. The predicted octanol–water partition coefficient (Wildman–Crippen LogP) is 2.55. The molecule has 1 aromatic carbocycles. The van der Waals surface area contributed by atoms with E-state index in [1.807, 2.05) is 0 Å². The molecule has 0 bridgehead atoms. The number of aliphatic hydroxyl groups excluding tert-OH is 1. The van der Waals surface area contributed by atoms with Crippen molar-refractivity contribution >= 4 is 0 Å². The van der Waals surface area contributed by atoms with Gasteiger partial charge in [0, 0.05) is 5.56 Å². The van der Waals surface area contributed by atoms with Gasteiger partial charge in [0.05, 0.1) is 0 Å². The van der Waals surface area contributed by atoms with Gasteiger partial charge in [-0.3, -0.25) is 0 Å². The molecule has 3 nitrogen and oxygen atoms in total. The SMILES string of the molecule is N[C@@H](c1ccccc1OC(F)(F)C(F)F)C(F)(F)CO. The zero-order valence-corrected chi connectivity index (χ0v) is 9.87. The van der Waals surface area contributed by atoms with Crippen molar-refractivity contribution in [3.8, 4) is 5.75 Å². The van der Waals surface area contributed by atoms with E-state index in [9.17, 15) is 26.3 Å². The van der Waals surface area contributed by atoms with Crippen LogP contribution in [-0.4, -0.2) is 30.2 Å². The molecule has 0 heterocycles. The Morgan fingerprint density at radius 3 is 2.20 bits per heavy atom. The number of rotatable bonds is 6. The van der Waals surface area contributed by atoms with Gasteiger partial charge in [-0.05, 0) is 6.07 Å². The molecule has 0 aromatic heterocycles. The van der Waals surface area contributed by atoms with Gasteiger partial charge in [-0.1, -0.05) is 18.2 Å². The zero-order valence-electron chi connectivity index (χ0n) is 9.87. The summed E-state index contributed by atoms with van der Waals surface area (Å²) in [6.07, 6.45) is -8.98. The third-order valence-electron chi connectivity index (χ3n) is 2.42. The summed E-state index contributed by atoms with van der Waals surface area (Å²) >= 11 is 0. The summed E-state index contributed by atoms with van der Waals surface area (Å²) in [5, 5.41) is 8.50. The van der Waals surface area contributed by atoms with E-state index in [1.165, 1.54) is 6.07 Å². The Hall–Kier alpha value is -1.48. The summed E-state index contributed by atoms with van der Waals surface area (Å²) < 4.78 is 79.9. The first-order valence-electron chi connectivity index (χ1n) is 5.30. The molecule has 0 spiro atoms. The van der Waals surface area contributed by atoms with Gasteiger partial charge in [0.25, 0.3) is 5.92 Å². The van der Waals surface area contributed by atoms with Gasteiger partial charge in [-0.15, -0.1) is 0 Å². The highest BCUT2D eigenvalue weighted by molar-refractivity contribution is 5.37. The van der Waals surface area contributed by atoms with Crippen molar-refractivity contribution < 1.29 is 36.2 Å². The average molecular weight is 303 g/mol. The summed E-state index contributed by atoms with van der Waals surface area (Å²) in [4.78, 5) is 0. The molecule has 3 N–H and O–H groups in total. The number of halogens is 6. The molecule has 114 valence electrons. The molecule has 0 aliphatic rings. The topological polar surface area (TPSA) is 55.5 Å². The number of hydrogen-bond acceptors (Lipinski definition) is 3.